The Labute approximate surface area is 101 Å². The van der Waals surface area contributed by atoms with Gasteiger partial charge in [-0.2, -0.15) is 0 Å². The van der Waals surface area contributed by atoms with Gasteiger partial charge in [0.1, 0.15) is 0 Å². The van der Waals surface area contributed by atoms with Crippen LogP contribution < -0.4 is 11.1 Å². The lowest BCUT2D eigenvalue weighted by atomic mass is 9.84. The summed E-state index contributed by atoms with van der Waals surface area (Å²) in [5.41, 5.74) is 5.20. The number of aliphatic carboxylic acids is 1. The van der Waals surface area contributed by atoms with Crippen molar-refractivity contribution in [2.75, 3.05) is 6.54 Å². The summed E-state index contributed by atoms with van der Waals surface area (Å²) < 4.78 is 0. The zero-order valence-electron chi connectivity index (χ0n) is 10.1. The zero-order chi connectivity index (χ0) is 12.6. The number of amides is 1. The molecule has 2 fully saturated rings. The standard InChI is InChI=1S/C12H20N2O3/c1-6(11(13)15)5-14-10-8-3-2-7(4-8)9(10)12(16)17/h6-10,14H,2-5H2,1H3,(H2,13,15)(H,16,17). The monoisotopic (exact) mass is 240 g/mol. The summed E-state index contributed by atoms with van der Waals surface area (Å²) in [6, 6.07) is 0.0213. The smallest absolute Gasteiger partial charge is 0.308 e. The Balaban J connectivity index is 1.95. The van der Waals surface area contributed by atoms with Crippen LogP contribution in [-0.2, 0) is 9.59 Å². The highest BCUT2D eigenvalue weighted by Crippen LogP contribution is 2.48. The summed E-state index contributed by atoms with van der Waals surface area (Å²) in [6.07, 6.45) is 3.15. The van der Waals surface area contributed by atoms with Crippen LogP contribution >= 0.6 is 0 Å². The van der Waals surface area contributed by atoms with Gasteiger partial charge in [-0.15, -0.1) is 0 Å². The molecule has 2 aliphatic carbocycles. The van der Waals surface area contributed by atoms with Gasteiger partial charge in [-0.3, -0.25) is 9.59 Å². The van der Waals surface area contributed by atoms with E-state index in [1.54, 1.807) is 6.92 Å². The normalized spacial score (nSPS) is 37.0. The van der Waals surface area contributed by atoms with Crippen molar-refractivity contribution >= 4 is 11.9 Å². The average molecular weight is 240 g/mol. The molecular weight excluding hydrogens is 220 g/mol. The molecule has 5 atom stereocenters. The molecule has 0 aromatic heterocycles. The molecule has 0 saturated heterocycles. The Morgan fingerprint density at radius 1 is 1.41 bits per heavy atom. The van der Waals surface area contributed by atoms with Gasteiger partial charge in [0.15, 0.2) is 0 Å². The molecular formula is C12H20N2O3. The van der Waals surface area contributed by atoms with Crippen molar-refractivity contribution < 1.29 is 14.7 Å². The summed E-state index contributed by atoms with van der Waals surface area (Å²) in [4.78, 5) is 22.2. The number of primary amides is 1. The van der Waals surface area contributed by atoms with Crippen LogP contribution in [0.1, 0.15) is 26.2 Å². The number of nitrogens with one attached hydrogen (secondary N) is 1. The lowest BCUT2D eigenvalue weighted by Gasteiger charge is -2.29. The largest absolute Gasteiger partial charge is 0.481 e. The van der Waals surface area contributed by atoms with E-state index in [1.807, 2.05) is 0 Å². The molecule has 0 spiro atoms. The minimum Gasteiger partial charge on any atom is -0.481 e. The van der Waals surface area contributed by atoms with Gasteiger partial charge in [0.05, 0.1) is 5.92 Å². The first kappa shape index (κ1) is 12.4. The van der Waals surface area contributed by atoms with Crippen molar-refractivity contribution in [3.8, 4) is 0 Å². The lowest BCUT2D eigenvalue weighted by Crippen LogP contribution is -2.46. The van der Waals surface area contributed by atoms with Crippen molar-refractivity contribution in [2.24, 2.45) is 29.4 Å². The fraction of sp³-hybridized carbons (Fsp3) is 0.833. The van der Waals surface area contributed by atoms with Crippen LogP contribution in [-0.4, -0.2) is 29.6 Å². The highest BCUT2D eigenvalue weighted by Gasteiger charge is 2.50. The van der Waals surface area contributed by atoms with Crippen LogP contribution in [0.3, 0.4) is 0 Å². The van der Waals surface area contributed by atoms with Gasteiger partial charge in [0.25, 0.3) is 0 Å². The van der Waals surface area contributed by atoms with E-state index in [0.717, 1.165) is 19.3 Å². The number of fused-ring (bicyclic) bond motifs is 2. The van der Waals surface area contributed by atoms with E-state index in [4.69, 9.17) is 5.73 Å². The minimum absolute atomic E-state index is 0.0213. The summed E-state index contributed by atoms with van der Waals surface area (Å²) in [5.74, 6) is -0.800. The number of hydrogen-bond acceptors (Lipinski definition) is 3. The van der Waals surface area contributed by atoms with E-state index in [-0.39, 0.29) is 23.8 Å². The molecule has 4 N–H and O–H groups in total. The lowest BCUT2D eigenvalue weighted by molar-refractivity contribution is -0.144. The number of nitrogens with two attached hydrogens (primary N) is 1. The molecule has 2 bridgehead atoms. The summed E-state index contributed by atoms with van der Waals surface area (Å²) in [7, 11) is 0. The molecule has 17 heavy (non-hydrogen) atoms. The van der Waals surface area contributed by atoms with Gasteiger partial charge in [-0.1, -0.05) is 6.92 Å². The van der Waals surface area contributed by atoms with Gasteiger partial charge in [-0.25, -0.2) is 0 Å². The van der Waals surface area contributed by atoms with Crippen molar-refractivity contribution in [3.05, 3.63) is 0 Å². The van der Waals surface area contributed by atoms with Crippen LogP contribution in [0.25, 0.3) is 0 Å². The third kappa shape index (κ3) is 2.29. The van der Waals surface area contributed by atoms with Crippen molar-refractivity contribution in [1.29, 1.82) is 0 Å². The quantitative estimate of drug-likeness (QED) is 0.640. The molecule has 2 saturated carbocycles. The van der Waals surface area contributed by atoms with Crippen LogP contribution in [0, 0.1) is 23.7 Å². The first-order chi connectivity index (χ1) is 8.00. The molecule has 0 heterocycles. The van der Waals surface area contributed by atoms with Crippen molar-refractivity contribution in [3.63, 3.8) is 0 Å². The Bertz CT molecular complexity index is 332. The topological polar surface area (TPSA) is 92.4 Å². The summed E-state index contributed by atoms with van der Waals surface area (Å²) in [6.45, 7) is 2.24. The molecule has 2 aliphatic rings. The molecule has 0 aromatic carbocycles. The van der Waals surface area contributed by atoms with Gasteiger partial charge in [0.2, 0.25) is 5.91 Å². The maximum absolute atomic E-state index is 11.2. The molecule has 0 radical (unpaired) electrons. The third-order valence-corrected chi connectivity index (χ3v) is 4.35. The van der Waals surface area contributed by atoms with Gasteiger partial charge in [-0.05, 0) is 31.1 Å². The SMILES string of the molecule is CC(CNC1C2CCC(C2)C1C(=O)O)C(N)=O. The van der Waals surface area contributed by atoms with E-state index in [9.17, 15) is 14.7 Å². The first-order valence-corrected chi connectivity index (χ1v) is 6.26. The number of carboxylic acid groups (broad SMARTS) is 1. The Kier molecular flexibility index (Phi) is 3.38. The van der Waals surface area contributed by atoms with Crippen molar-refractivity contribution in [2.45, 2.75) is 32.2 Å². The highest BCUT2D eigenvalue weighted by atomic mass is 16.4. The molecule has 1 amide bonds. The van der Waals surface area contributed by atoms with E-state index < -0.39 is 5.97 Å². The first-order valence-electron chi connectivity index (χ1n) is 6.26. The summed E-state index contributed by atoms with van der Waals surface area (Å²) >= 11 is 0. The van der Waals surface area contributed by atoms with Crippen LogP contribution in [0.5, 0.6) is 0 Å². The Hall–Kier alpha value is -1.10. The molecule has 5 unspecified atom stereocenters. The highest BCUT2D eigenvalue weighted by molar-refractivity contribution is 5.76. The van der Waals surface area contributed by atoms with E-state index >= 15 is 0 Å². The van der Waals surface area contributed by atoms with Gasteiger partial charge in [0, 0.05) is 18.5 Å². The van der Waals surface area contributed by atoms with Gasteiger partial charge >= 0.3 is 5.97 Å². The third-order valence-electron chi connectivity index (χ3n) is 4.35. The van der Waals surface area contributed by atoms with Crippen LogP contribution in [0.2, 0.25) is 0 Å². The summed E-state index contributed by atoms with van der Waals surface area (Å²) in [5, 5.41) is 12.5. The maximum atomic E-state index is 11.2. The zero-order valence-corrected chi connectivity index (χ0v) is 10.1. The number of carbonyl (C=O) groups is 2. The minimum atomic E-state index is -0.707. The van der Waals surface area contributed by atoms with Crippen molar-refractivity contribution in [1.82, 2.24) is 5.32 Å². The second-order valence-electron chi connectivity index (χ2n) is 5.43. The number of rotatable bonds is 5. The molecule has 0 aromatic rings. The fourth-order valence-electron chi connectivity index (χ4n) is 3.35. The van der Waals surface area contributed by atoms with E-state index in [2.05, 4.69) is 5.32 Å². The average Bonchev–Trinajstić information content (AvgIpc) is 2.84. The Morgan fingerprint density at radius 3 is 2.65 bits per heavy atom. The number of carbonyl (C=O) groups excluding carboxylic acids is 1. The maximum Gasteiger partial charge on any atom is 0.308 e. The number of hydrogen-bond donors (Lipinski definition) is 3. The molecule has 5 nitrogen and oxygen atoms in total. The van der Waals surface area contributed by atoms with Gasteiger partial charge < -0.3 is 16.2 Å². The Morgan fingerprint density at radius 2 is 2.06 bits per heavy atom. The molecule has 96 valence electrons. The fourth-order valence-corrected chi connectivity index (χ4v) is 3.35. The van der Waals surface area contributed by atoms with E-state index in [1.165, 1.54) is 0 Å². The van der Waals surface area contributed by atoms with Crippen LogP contribution in [0.4, 0.5) is 0 Å². The second kappa shape index (κ2) is 4.64. The van der Waals surface area contributed by atoms with Crippen LogP contribution in [0.15, 0.2) is 0 Å². The predicted molar refractivity (Wildman–Crippen MR) is 62.1 cm³/mol. The predicted octanol–water partition coefficient (Wildman–Crippen LogP) is 0.197. The van der Waals surface area contributed by atoms with E-state index in [0.29, 0.717) is 18.4 Å². The number of carboxylic acids is 1. The second-order valence-corrected chi connectivity index (χ2v) is 5.43. The molecule has 2 rings (SSSR count). The molecule has 5 heteroatoms. The molecule has 0 aliphatic heterocycles.